The zero-order chi connectivity index (χ0) is 23.2. The average molecular weight is 438 g/mol. The molecule has 2 aromatic rings. The molecule has 0 saturated heterocycles. The highest BCUT2D eigenvalue weighted by molar-refractivity contribution is 5.86. The van der Waals surface area contributed by atoms with E-state index in [0.717, 1.165) is 67.4 Å². The lowest BCUT2D eigenvalue weighted by Crippen LogP contribution is -2.30. The quantitative estimate of drug-likeness (QED) is 0.249. The van der Waals surface area contributed by atoms with E-state index in [2.05, 4.69) is 49.1 Å². The first-order chi connectivity index (χ1) is 15.6. The molecule has 0 heterocycles. The molecule has 0 aliphatic carbocycles. The number of allylic oxidation sites excluding steroid dienone is 2. The Morgan fingerprint density at radius 2 is 1.53 bits per heavy atom. The van der Waals surface area contributed by atoms with Gasteiger partial charge in [-0.25, -0.2) is 0 Å². The minimum atomic E-state index is -0.296. The Balaban J connectivity index is 1.89. The Kier molecular flexibility index (Phi) is 11.6. The van der Waals surface area contributed by atoms with Crippen LogP contribution < -0.4 is 4.74 Å². The third kappa shape index (κ3) is 8.51. The summed E-state index contributed by atoms with van der Waals surface area (Å²) in [5.74, 6) is 0.363. The van der Waals surface area contributed by atoms with Crippen LogP contribution in [0.15, 0.2) is 60.7 Å². The summed E-state index contributed by atoms with van der Waals surface area (Å²) in [5, 5.41) is 2.19. The zero-order valence-electron chi connectivity index (χ0n) is 20.2. The average Bonchev–Trinajstić information content (AvgIpc) is 2.82. The van der Waals surface area contributed by atoms with Gasteiger partial charge in [0.05, 0.1) is 13.0 Å². The first-order valence-corrected chi connectivity index (χ1v) is 11.9. The molecule has 32 heavy (non-hydrogen) atoms. The second-order valence-corrected chi connectivity index (χ2v) is 8.04. The number of ether oxygens (including phenoxy) is 2. The lowest BCUT2D eigenvalue weighted by atomic mass is 9.98. The van der Waals surface area contributed by atoms with Gasteiger partial charge in [-0.1, -0.05) is 62.4 Å². The van der Waals surface area contributed by atoms with E-state index < -0.39 is 0 Å². The van der Waals surface area contributed by atoms with Gasteiger partial charge < -0.3 is 9.47 Å². The van der Waals surface area contributed by atoms with Crippen LogP contribution in [-0.4, -0.2) is 44.2 Å². The number of rotatable bonds is 14. The Morgan fingerprint density at radius 3 is 2.16 bits per heavy atom. The number of carbonyl (C=O) groups excluding carboxylic acids is 1. The van der Waals surface area contributed by atoms with E-state index in [1.807, 2.05) is 37.3 Å². The summed E-state index contributed by atoms with van der Waals surface area (Å²) in [6, 6.07) is 12.1. The summed E-state index contributed by atoms with van der Waals surface area (Å²) >= 11 is 0. The fourth-order valence-electron chi connectivity index (χ4n) is 3.59. The van der Waals surface area contributed by atoms with E-state index in [0.29, 0.717) is 6.61 Å². The third-order valence-corrected chi connectivity index (χ3v) is 5.61. The molecule has 0 amide bonds. The van der Waals surface area contributed by atoms with Gasteiger partial charge in [-0.3, -0.25) is 9.69 Å². The van der Waals surface area contributed by atoms with Crippen LogP contribution in [-0.2, 0) is 9.53 Å². The molecule has 0 saturated carbocycles. The lowest BCUT2D eigenvalue weighted by molar-refractivity contribution is -0.145. The van der Waals surface area contributed by atoms with Crippen LogP contribution in [0.2, 0.25) is 0 Å². The van der Waals surface area contributed by atoms with E-state index in [9.17, 15) is 4.79 Å². The van der Waals surface area contributed by atoms with Gasteiger partial charge in [0.15, 0.2) is 0 Å². The molecule has 0 aromatic heterocycles. The molecule has 0 aliphatic rings. The molecule has 0 N–H and O–H groups in total. The summed E-state index contributed by atoms with van der Waals surface area (Å²) in [5.41, 5.74) is 0.971. The second-order valence-electron chi connectivity index (χ2n) is 8.04. The van der Waals surface area contributed by atoms with Gasteiger partial charge in [-0.05, 0) is 61.1 Å². The van der Waals surface area contributed by atoms with Gasteiger partial charge in [-0.15, -0.1) is 0 Å². The molecule has 4 nitrogen and oxygen atoms in total. The molecule has 174 valence electrons. The first kappa shape index (κ1) is 25.7. The van der Waals surface area contributed by atoms with Gasteiger partial charge in [-0.2, -0.15) is 0 Å². The van der Waals surface area contributed by atoms with Gasteiger partial charge in [0.2, 0.25) is 0 Å². The smallest absolute Gasteiger partial charge is 0.313 e. The monoisotopic (exact) mass is 437 g/mol. The summed E-state index contributed by atoms with van der Waals surface area (Å²) in [7, 11) is 1.67. The standard InChI is InChI=1S/C28H39NO3/c1-5-7-9-11-17-29(18-12-10-8-6-2)19-20-32-28(30)23(3)24-13-14-26-22-27(31-4)16-15-25(26)21-24/h7-10,13-16,21-23H,5-6,11-12,17-20H2,1-4H3. The van der Waals surface area contributed by atoms with Gasteiger partial charge in [0.1, 0.15) is 12.4 Å². The Bertz CT molecular complexity index is 869. The Labute approximate surface area is 193 Å². The second kappa shape index (κ2) is 14.5. The van der Waals surface area contributed by atoms with Crippen molar-refractivity contribution in [3.63, 3.8) is 0 Å². The maximum atomic E-state index is 12.7. The summed E-state index contributed by atoms with van der Waals surface area (Å²) < 4.78 is 10.9. The summed E-state index contributed by atoms with van der Waals surface area (Å²) in [4.78, 5) is 15.1. The van der Waals surface area contributed by atoms with Crippen LogP contribution in [0.25, 0.3) is 10.8 Å². The molecule has 1 atom stereocenters. The van der Waals surface area contributed by atoms with E-state index in [-0.39, 0.29) is 11.9 Å². The van der Waals surface area contributed by atoms with Gasteiger partial charge in [0.25, 0.3) is 0 Å². The zero-order valence-corrected chi connectivity index (χ0v) is 20.2. The molecule has 1 unspecified atom stereocenters. The summed E-state index contributed by atoms with van der Waals surface area (Å²) in [6.45, 7) is 9.36. The van der Waals surface area contributed by atoms with Crippen molar-refractivity contribution in [3.05, 3.63) is 66.3 Å². The molecule has 0 fully saturated rings. The summed E-state index contributed by atoms with van der Waals surface area (Å²) in [6.07, 6.45) is 13.1. The largest absolute Gasteiger partial charge is 0.497 e. The highest BCUT2D eigenvalue weighted by Gasteiger charge is 2.17. The highest BCUT2D eigenvalue weighted by atomic mass is 16.5. The fourth-order valence-corrected chi connectivity index (χ4v) is 3.59. The molecule has 4 heteroatoms. The molecular formula is C28H39NO3. The molecule has 0 bridgehead atoms. The van der Waals surface area contributed by atoms with Crippen molar-refractivity contribution in [1.29, 1.82) is 0 Å². The van der Waals surface area contributed by atoms with Crippen molar-refractivity contribution in [2.45, 2.75) is 52.4 Å². The third-order valence-electron chi connectivity index (χ3n) is 5.61. The number of fused-ring (bicyclic) bond motifs is 1. The molecule has 2 rings (SSSR count). The molecular weight excluding hydrogens is 398 g/mol. The van der Waals surface area contributed by atoms with Gasteiger partial charge in [0, 0.05) is 19.6 Å². The number of esters is 1. The number of hydrogen-bond acceptors (Lipinski definition) is 4. The number of carbonyl (C=O) groups is 1. The van der Waals surface area contributed by atoms with Crippen LogP contribution in [0.4, 0.5) is 0 Å². The predicted octanol–water partition coefficient (Wildman–Crippen LogP) is 6.51. The Hall–Kier alpha value is -2.59. The number of hydrogen-bond donors (Lipinski definition) is 0. The van der Waals surface area contributed by atoms with Crippen molar-refractivity contribution in [2.75, 3.05) is 33.4 Å². The van der Waals surface area contributed by atoms with E-state index in [1.165, 1.54) is 0 Å². The number of nitrogens with zero attached hydrogens (tertiary/aromatic N) is 1. The van der Waals surface area contributed by atoms with Crippen molar-refractivity contribution in [2.24, 2.45) is 0 Å². The molecule has 0 spiro atoms. The number of benzene rings is 2. The van der Waals surface area contributed by atoms with E-state index in [4.69, 9.17) is 9.47 Å². The minimum absolute atomic E-state index is 0.172. The lowest BCUT2D eigenvalue weighted by Gasteiger charge is -2.21. The van der Waals surface area contributed by atoms with Crippen LogP contribution in [0.5, 0.6) is 5.75 Å². The molecule has 2 aromatic carbocycles. The highest BCUT2D eigenvalue weighted by Crippen LogP contribution is 2.25. The molecule has 0 radical (unpaired) electrons. The van der Waals surface area contributed by atoms with Crippen molar-refractivity contribution in [1.82, 2.24) is 4.90 Å². The topological polar surface area (TPSA) is 38.8 Å². The first-order valence-electron chi connectivity index (χ1n) is 11.9. The fraction of sp³-hybridized carbons (Fsp3) is 0.464. The number of methoxy groups -OCH3 is 1. The van der Waals surface area contributed by atoms with E-state index in [1.54, 1.807) is 7.11 Å². The van der Waals surface area contributed by atoms with E-state index >= 15 is 0 Å². The van der Waals surface area contributed by atoms with Crippen molar-refractivity contribution < 1.29 is 14.3 Å². The Morgan fingerprint density at radius 1 is 0.906 bits per heavy atom. The normalized spacial score (nSPS) is 12.8. The maximum Gasteiger partial charge on any atom is 0.313 e. The van der Waals surface area contributed by atoms with Crippen molar-refractivity contribution >= 4 is 16.7 Å². The maximum absolute atomic E-state index is 12.7. The van der Waals surface area contributed by atoms with Crippen LogP contribution >= 0.6 is 0 Å². The molecule has 0 aliphatic heterocycles. The van der Waals surface area contributed by atoms with Crippen LogP contribution in [0.3, 0.4) is 0 Å². The minimum Gasteiger partial charge on any atom is -0.497 e. The van der Waals surface area contributed by atoms with Gasteiger partial charge >= 0.3 is 5.97 Å². The van der Waals surface area contributed by atoms with Crippen LogP contribution in [0, 0.1) is 0 Å². The predicted molar refractivity (Wildman–Crippen MR) is 134 cm³/mol. The van der Waals surface area contributed by atoms with Crippen molar-refractivity contribution in [3.8, 4) is 5.75 Å². The SMILES string of the molecule is CCC=CCCN(CCC=CCC)CCOC(=O)C(C)c1ccc2cc(OC)ccc2c1. The van der Waals surface area contributed by atoms with Crippen LogP contribution in [0.1, 0.15) is 57.9 Å².